The number of carbonyl (C=O) groups excluding carboxylic acids is 1. The first-order chi connectivity index (χ1) is 13.2. The summed E-state index contributed by atoms with van der Waals surface area (Å²) in [5.74, 6) is 0.302. The quantitative estimate of drug-likeness (QED) is 0.899. The van der Waals surface area contributed by atoms with Gasteiger partial charge in [0.25, 0.3) is 0 Å². The second-order valence-electron chi connectivity index (χ2n) is 7.40. The summed E-state index contributed by atoms with van der Waals surface area (Å²) in [7, 11) is 0. The Morgan fingerprint density at radius 1 is 1.19 bits per heavy atom. The van der Waals surface area contributed by atoms with Gasteiger partial charge in [-0.1, -0.05) is 18.2 Å². The van der Waals surface area contributed by atoms with E-state index in [2.05, 4.69) is 15.2 Å². The molecule has 0 spiro atoms. The third kappa shape index (κ3) is 4.10. The number of nitrogens with zero attached hydrogens (tertiary/aromatic N) is 3. The molecule has 0 radical (unpaired) electrons. The first-order valence-electron chi connectivity index (χ1n) is 9.84. The van der Waals surface area contributed by atoms with E-state index in [0.717, 1.165) is 49.6 Å². The summed E-state index contributed by atoms with van der Waals surface area (Å²) in [5, 5.41) is 3.05. The Labute approximate surface area is 159 Å². The number of fused-ring (bicyclic) bond motifs is 1. The zero-order valence-corrected chi connectivity index (χ0v) is 15.5. The van der Waals surface area contributed by atoms with E-state index in [4.69, 9.17) is 4.98 Å². The van der Waals surface area contributed by atoms with E-state index in [0.29, 0.717) is 5.56 Å². The molecule has 1 fully saturated rings. The highest BCUT2D eigenvalue weighted by Gasteiger charge is 2.25. The maximum atomic E-state index is 13.8. The van der Waals surface area contributed by atoms with Crippen LogP contribution in [0.3, 0.4) is 0 Å². The Kier molecular flexibility index (Phi) is 5.32. The van der Waals surface area contributed by atoms with Gasteiger partial charge in [0.1, 0.15) is 5.82 Å². The summed E-state index contributed by atoms with van der Waals surface area (Å²) >= 11 is 0. The average Bonchev–Trinajstić information content (AvgIpc) is 2.70. The lowest BCUT2D eigenvalue weighted by molar-refractivity contribution is -0.121. The summed E-state index contributed by atoms with van der Waals surface area (Å²) in [6.45, 7) is 2.03. The fraction of sp³-hybridized carbons (Fsp3) is 0.476. The molecular weight excluding hydrogens is 343 g/mol. The lowest BCUT2D eigenvalue weighted by Gasteiger charge is -2.29. The maximum absolute atomic E-state index is 13.8. The number of piperidine rings is 1. The smallest absolute Gasteiger partial charge is 0.225 e. The molecule has 142 valence electrons. The average molecular weight is 368 g/mol. The van der Waals surface area contributed by atoms with Gasteiger partial charge in [0.05, 0.1) is 18.2 Å². The van der Waals surface area contributed by atoms with Gasteiger partial charge < -0.3 is 10.2 Å². The van der Waals surface area contributed by atoms with E-state index in [1.807, 2.05) is 6.20 Å². The van der Waals surface area contributed by atoms with Crippen LogP contribution in [0.4, 0.5) is 10.3 Å². The fourth-order valence-electron chi connectivity index (χ4n) is 3.99. The van der Waals surface area contributed by atoms with Gasteiger partial charge in [-0.3, -0.25) is 4.79 Å². The number of nitrogens with one attached hydrogen (secondary N) is 1. The van der Waals surface area contributed by atoms with E-state index in [-0.39, 0.29) is 24.2 Å². The Bertz CT molecular complexity index is 820. The van der Waals surface area contributed by atoms with Crippen molar-refractivity contribution in [2.45, 2.75) is 51.0 Å². The molecule has 2 aliphatic rings. The monoisotopic (exact) mass is 368 g/mol. The molecule has 6 heteroatoms. The molecule has 0 unspecified atom stereocenters. The highest BCUT2D eigenvalue weighted by molar-refractivity contribution is 5.79. The van der Waals surface area contributed by atoms with E-state index in [1.165, 1.54) is 25.3 Å². The number of benzene rings is 1. The number of carbonyl (C=O) groups is 1. The van der Waals surface area contributed by atoms with Crippen molar-refractivity contribution in [3.05, 3.63) is 53.1 Å². The number of aromatic nitrogens is 2. The van der Waals surface area contributed by atoms with Crippen LogP contribution >= 0.6 is 0 Å². The largest absolute Gasteiger partial charge is 0.349 e. The van der Waals surface area contributed by atoms with Crippen molar-refractivity contribution < 1.29 is 9.18 Å². The van der Waals surface area contributed by atoms with E-state index < -0.39 is 0 Å². The van der Waals surface area contributed by atoms with E-state index in [1.54, 1.807) is 18.2 Å². The molecule has 1 saturated heterocycles. The minimum Gasteiger partial charge on any atom is -0.349 e. The number of aryl methyl sites for hydroxylation is 1. The van der Waals surface area contributed by atoms with Crippen LogP contribution in [0, 0.1) is 5.82 Å². The highest BCUT2D eigenvalue weighted by atomic mass is 19.1. The predicted molar refractivity (Wildman–Crippen MR) is 102 cm³/mol. The molecule has 1 amide bonds. The van der Waals surface area contributed by atoms with Gasteiger partial charge in [0, 0.05) is 24.8 Å². The summed E-state index contributed by atoms with van der Waals surface area (Å²) in [4.78, 5) is 24.1. The van der Waals surface area contributed by atoms with Crippen LogP contribution in [-0.4, -0.2) is 29.0 Å². The first-order valence-corrected chi connectivity index (χ1v) is 9.84. The highest BCUT2D eigenvalue weighted by Crippen LogP contribution is 2.29. The topological polar surface area (TPSA) is 58.1 Å². The zero-order chi connectivity index (χ0) is 18.6. The van der Waals surface area contributed by atoms with Crippen LogP contribution in [0.25, 0.3) is 0 Å². The van der Waals surface area contributed by atoms with Crippen LogP contribution in [0.2, 0.25) is 0 Å². The molecule has 4 rings (SSSR count). The van der Waals surface area contributed by atoms with Gasteiger partial charge in [-0.15, -0.1) is 0 Å². The van der Waals surface area contributed by atoms with Crippen LogP contribution in [0.5, 0.6) is 0 Å². The van der Waals surface area contributed by atoms with Crippen molar-refractivity contribution in [1.29, 1.82) is 0 Å². The van der Waals surface area contributed by atoms with Crippen molar-refractivity contribution in [1.82, 2.24) is 15.3 Å². The lowest BCUT2D eigenvalue weighted by Crippen LogP contribution is -2.34. The molecule has 2 heterocycles. The Morgan fingerprint density at radius 2 is 2.00 bits per heavy atom. The van der Waals surface area contributed by atoms with Gasteiger partial charge in [-0.25, -0.2) is 14.4 Å². The minimum absolute atomic E-state index is 0.0469. The Morgan fingerprint density at radius 3 is 2.81 bits per heavy atom. The van der Waals surface area contributed by atoms with Crippen molar-refractivity contribution in [2.24, 2.45) is 0 Å². The molecule has 1 aromatic carbocycles. The SMILES string of the molecule is O=C(Cc1ccccc1F)N[C@H]1CCCc2nc(N3CCCCC3)ncc21. The predicted octanol–water partition coefficient (Wildman–Crippen LogP) is 3.34. The normalized spacial score (nSPS) is 19.4. The number of hydrogen-bond acceptors (Lipinski definition) is 4. The molecule has 5 nitrogen and oxygen atoms in total. The van der Waals surface area contributed by atoms with Crippen LogP contribution < -0.4 is 10.2 Å². The van der Waals surface area contributed by atoms with Crippen molar-refractivity contribution >= 4 is 11.9 Å². The molecule has 1 aromatic heterocycles. The molecule has 27 heavy (non-hydrogen) atoms. The fourth-order valence-corrected chi connectivity index (χ4v) is 3.99. The van der Waals surface area contributed by atoms with Crippen molar-refractivity contribution in [3.8, 4) is 0 Å². The number of rotatable bonds is 4. The number of halogens is 1. The lowest BCUT2D eigenvalue weighted by atomic mass is 9.92. The first kappa shape index (κ1) is 17.9. The van der Waals surface area contributed by atoms with Crippen LogP contribution in [-0.2, 0) is 17.6 Å². The summed E-state index contributed by atoms with van der Waals surface area (Å²) in [5.41, 5.74) is 2.46. The second kappa shape index (κ2) is 8.03. The van der Waals surface area contributed by atoms with Gasteiger partial charge in [0.2, 0.25) is 11.9 Å². The maximum Gasteiger partial charge on any atom is 0.225 e. The van der Waals surface area contributed by atoms with Crippen LogP contribution in [0.15, 0.2) is 30.5 Å². The van der Waals surface area contributed by atoms with Crippen molar-refractivity contribution in [3.63, 3.8) is 0 Å². The Balaban J connectivity index is 1.46. The molecule has 2 aromatic rings. The third-order valence-corrected chi connectivity index (χ3v) is 5.45. The molecule has 0 saturated carbocycles. The molecule has 1 aliphatic carbocycles. The molecule has 1 aliphatic heterocycles. The standard InChI is InChI=1S/C21H25FN4O/c22-17-8-3-2-7-15(17)13-20(27)24-18-9-6-10-19-16(18)14-23-21(25-19)26-11-4-1-5-12-26/h2-3,7-8,14,18H,1,4-6,9-13H2,(H,24,27)/t18-/m0/s1. The number of hydrogen-bond donors (Lipinski definition) is 1. The Hall–Kier alpha value is -2.50. The molecular formula is C21H25FN4O. The summed E-state index contributed by atoms with van der Waals surface area (Å²) in [6, 6.07) is 6.32. The number of anilines is 1. The number of amides is 1. The molecule has 0 bridgehead atoms. The summed E-state index contributed by atoms with van der Waals surface area (Å²) < 4.78 is 13.8. The van der Waals surface area contributed by atoms with E-state index >= 15 is 0 Å². The minimum atomic E-state index is -0.341. The third-order valence-electron chi connectivity index (χ3n) is 5.45. The van der Waals surface area contributed by atoms with Gasteiger partial charge >= 0.3 is 0 Å². The second-order valence-corrected chi connectivity index (χ2v) is 7.40. The summed E-state index contributed by atoms with van der Waals surface area (Å²) in [6.07, 6.45) is 8.33. The molecule has 1 N–H and O–H groups in total. The van der Waals surface area contributed by atoms with E-state index in [9.17, 15) is 9.18 Å². The molecule has 1 atom stereocenters. The van der Waals surface area contributed by atoms with Gasteiger partial charge in [0.15, 0.2) is 0 Å². The van der Waals surface area contributed by atoms with Crippen molar-refractivity contribution in [2.75, 3.05) is 18.0 Å². The zero-order valence-electron chi connectivity index (χ0n) is 15.5. The van der Waals surface area contributed by atoms with Crippen LogP contribution in [0.1, 0.15) is 55.0 Å². The van der Waals surface area contributed by atoms with Gasteiger partial charge in [-0.2, -0.15) is 0 Å². The van der Waals surface area contributed by atoms with Gasteiger partial charge in [-0.05, 0) is 50.2 Å².